The molecule has 2 aromatic carbocycles. The Morgan fingerprint density at radius 1 is 1.08 bits per heavy atom. The molecular formula is C32H39NO4S. The Kier molecular flexibility index (Phi) is 8.31. The number of aryl methyl sites for hydroxylation is 1. The quantitative estimate of drug-likeness (QED) is 0.228. The first-order chi connectivity index (χ1) is 18.0. The number of allylic oxidation sites excluding steroid dienone is 1. The first-order valence-electron chi connectivity index (χ1n) is 13.0. The molecule has 0 aliphatic carbocycles. The maximum atomic E-state index is 13.7. The van der Waals surface area contributed by atoms with Crippen LogP contribution in [0.5, 0.6) is 11.5 Å². The lowest BCUT2D eigenvalue weighted by Gasteiger charge is -2.36. The molecule has 0 bridgehead atoms. The van der Waals surface area contributed by atoms with Gasteiger partial charge < -0.3 is 18.8 Å². The summed E-state index contributed by atoms with van der Waals surface area (Å²) in [6.45, 7) is 13.5. The van der Waals surface area contributed by atoms with Crippen molar-refractivity contribution < 1.29 is 18.7 Å². The van der Waals surface area contributed by atoms with Gasteiger partial charge in [-0.3, -0.25) is 4.79 Å². The molecule has 6 heteroatoms. The van der Waals surface area contributed by atoms with E-state index in [-0.39, 0.29) is 17.4 Å². The number of nitrogens with zero attached hydrogens (tertiary/aromatic N) is 1. The molecule has 5 nitrogen and oxygen atoms in total. The summed E-state index contributed by atoms with van der Waals surface area (Å²) in [6.07, 6.45) is 2.87. The molecule has 1 aliphatic rings. The summed E-state index contributed by atoms with van der Waals surface area (Å²) in [7, 11) is 3.28. The number of benzene rings is 2. The van der Waals surface area contributed by atoms with Gasteiger partial charge in [0.25, 0.3) is 5.91 Å². The van der Waals surface area contributed by atoms with Crippen molar-refractivity contribution in [3.05, 3.63) is 87.9 Å². The number of amides is 1. The topological polar surface area (TPSA) is 51.9 Å². The number of methoxy groups -OCH3 is 2. The molecule has 1 amide bonds. The van der Waals surface area contributed by atoms with E-state index in [1.165, 1.54) is 21.6 Å². The lowest BCUT2D eigenvalue weighted by Crippen LogP contribution is -2.39. The molecule has 0 spiro atoms. The van der Waals surface area contributed by atoms with Crippen LogP contribution in [0.15, 0.2) is 63.4 Å². The van der Waals surface area contributed by atoms with Gasteiger partial charge in [-0.05, 0) is 85.2 Å². The van der Waals surface area contributed by atoms with E-state index in [0.29, 0.717) is 29.6 Å². The minimum Gasteiger partial charge on any atom is -0.493 e. The fraction of sp³-hybridized carbons (Fsp3) is 0.406. The van der Waals surface area contributed by atoms with Gasteiger partial charge in [0.15, 0.2) is 17.3 Å². The molecule has 0 fully saturated rings. The third-order valence-electron chi connectivity index (χ3n) is 6.97. The number of fused-ring (bicyclic) bond motifs is 1. The number of carbonyl (C=O) groups is 1. The number of thioether (sulfide) groups is 1. The second kappa shape index (κ2) is 11.3. The average molecular weight is 534 g/mol. The number of rotatable bonds is 7. The predicted octanol–water partition coefficient (Wildman–Crippen LogP) is 7.90. The largest absolute Gasteiger partial charge is 0.493 e. The summed E-state index contributed by atoms with van der Waals surface area (Å²) < 4.78 is 17.2. The SMILES string of the molecule is COc1cc2c(cc1OC)C(C=C(C)C)N(C(=O)c1ccc(CSc3cc(C(C)(C)C)ccc3C)o1)CC2. The van der Waals surface area contributed by atoms with Gasteiger partial charge in [0.2, 0.25) is 0 Å². The lowest BCUT2D eigenvalue weighted by atomic mass is 9.87. The van der Waals surface area contributed by atoms with Crippen LogP contribution in [0, 0.1) is 6.92 Å². The normalized spacial score (nSPS) is 15.2. The van der Waals surface area contributed by atoms with Crippen LogP contribution in [0.1, 0.15) is 79.2 Å². The van der Waals surface area contributed by atoms with E-state index in [2.05, 4.69) is 65.8 Å². The Morgan fingerprint density at radius 2 is 1.79 bits per heavy atom. The molecule has 0 saturated heterocycles. The van der Waals surface area contributed by atoms with Gasteiger partial charge in [-0.2, -0.15) is 0 Å². The number of ether oxygens (including phenoxy) is 2. The Labute approximate surface area is 231 Å². The van der Waals surface area contributed by atoms with Crippen LogP contribution in [-0.4, -0.2) is 31.6 Å². The number of carbonyl (C=O) groups excluding carboxylic acids is 1. The minimum atomic E-state index is -0.207. The van der Waals surface area contributed by atoms with Gasteiger partial charge in [0.1, 0.15) is 5.76 Å². The van der Waals surface area contributed by atoms with Crippen molar-refractivity contribution in [3.8, 4) is 11.5 Å². The van der Waals surface area contributed by atoms with Crippen LogP contribution in [0.3, 0.4) is 0 Å². The molecule has 2 heterocycles. The molecule has 0 saturated carbocycles. The maximum Gasteiger partial charge on any atom is 0.290 e. The summed E-state index contributed by atoms with van der Waals surface area (Å²) in [6, 6.07) is 14.2. The summed E-state index contributed by atoms with van der Waals surface area (Å²) in [5.41, 5.74) is 6.01. The number of hydrogen-bond donors (Lipinski definition) is 0. The number of furan rings is 1. The molecule has 3 aromatic rings. The molecular weight excluding hydrogens is 494 g/mol. The highest BCUT2D eigenvalue weighted by atomic mass is 32.2. The fourth-order valence-electron chi connectivity index (χ4n) is 4.78. The fourth-order valence-corrected chi connectivity index (χ4v) is 5.74. The highest BCUT2D eigenvalue weighted by Crippen LogP contribution is 2.40. The van der Waals surface area contributed by atoms with Gasteiger partial charge in [0, 0.05) is 11.4 Å². The maximum absolute atomic E-state index is 13.7. The highest BCUT2D eigenvalue weighted by Gasteiger charge is 2.32. The van der Waals surface area contributed by atoms with Crippen LogP contribution in [0.2, 0.25) is 0 Å². The third kappa shape index (κ3) is 5.96. The van der Waals surface area contributed by atoms with E-state index >= 15 is 0 Å². The van der Waals surface area contributed by atoms with E-state index < -0.39 is 0 Å². The number of hydrogen-bond acceptors (Lipinski definition) is 5. The van der Waals surface area contributed by atoms with Gasteiger partial charge in [0.05, 0.1) is 26.0 Å². The van der Waals surface area contributed by atoms with Crippen LogP contribution in [-0.2, 0) is 17.6 Å². The van der Waals surface area contributed by atoms with Gasteiger partial charge >= 0.3 is 0 Å². The van der Waals surface area contributed by atoms with Crippen molar-refractivity contribution >= 4 is 17.7 Å². The molecule has 1 aliphatic heterocycles. The smallest absolute Gasteiger partial charge is 0.290 e. The molecule has 1 unspecified atom stereocenters. The summed E-state index contributed by atoms with van der Waals surface area (Å²) in [5.74, 6) is 3.10. The molecule has 4 rings (SSSR count). The zero-order valence-electron chi connectivity index (χ0n) is 23.8. The van der Waals surface area contributed by atoms with E-state index in [9.17, 15) is 4.79 Å². The third-order valence-corrected chi connectivity index (χ3v) is 8.15. The lowest BCUT2D eigenvalue weighted by molar-refractivity contribution is 0.0665. The summed E-state index contributed by atoms with van der Waals surface area (Å²) >= 11 is 1.74. The monoisotopic (exact) mass is 533 g/mol. The molecule has 0 N–H and O–H groups in total. The molecule has 1 atom stereocenters. The van der Waals surface area contributed by atoms with Crippen molar-refractivity contribution in [2.45, 2.75) is 70.1 Å². The summed E-state index contributed by atoms with van der Waals surface area (Å²) in [4.78, 5) is 16.9. The Hall–Kier alpha value is -3.12. The van der Waals surface area contributed by atoms with Crippen LogP contribution in [0.25, 0.3) is 0 Å². The van der Waals surface area contributed by atoms with E-state index in [1.807, 2.05) is 23.1 Å². The van der Waals surface area contributed by atoms with Crippen LogP contribution < -0.4 is 9.47 Å². The van der Waals surface area contributed by atoms with E-state index in [0.717, 1.165) is 23.3 Å². The van der Waals surface area contributed by atoms with Crippen molar-refractivity contribution in [2.75, 3.05) is 20.8 Å². The average Bonchev–Trinajstić information content (AvgIpc) is 3.35. The van der Waals surface area contributed by atoms with E-state index in [4.69, 9.17) is 13.9 Å². The molecule has 202 valence electrons. The zero-order valence-corrected chi connectivity index (χ0v) is 24.6. The van der Waals surface area contributed by atoms with Crippen molar-refractivity contribution in [1.29, 1.82) is 0 Å². The molecule has 1 aromatic heterocycles. The first-order valence-corrected chi connectivity index (χ1v) is 14.0. The zero-order chi connectivity index (χ0) is 27.6. The minimum absolute atomic E-state index is 0.0946. The van der Waals surface area contributed by atoms with Crippen LogP contribution >= 0.6 is 11.8 Å². The van der Waals surface area contributed by atoms with Crippen molar-refractivity contribution in [1.82, 2.24) is 4.90 Å². The standard InChI is InChI=1S/C32H39NO4S/c1-20(2)15-26-25-18-29(36-8)28(35-7)16-22(25)13-14-33(26)31(34)27-12-11-24(37-27)19-38-30-17-23(32(4,5)6)10-9-21(30)3/h9-12,15-18,26H,13-14,19H2,1-8H3. The van der Waals surface area contributed by atoms with Crippen molar-refractivity contribution in [2.24, 2.45) is 0 Å². The molecule has 0 radical (unpaired) electrons. The second-order valence-electron chi connectivity index (χ2n) is 11.1. The Morgan fingerprint density at radius 3 is 2.45 bits per heavy atom. The Balaban J connectivity index is 1.56. The van der Waals surface area contributed by atoms with Crippen LogP contribution in [0.4, 0.5) is 0 Å². The first kappa shape index (κ1) is 27.9. The Bertz CT molecular complexity index is 1340. The van der Waals surface area contributed by atoms with Gasteiger partial charge in [-0.15, -0.1) is 11.8 Å². The van der Waals surface area contributed by atoms with Gasteiger partial charge in [-0.1, -0.05) is 44.6 Å². The molecule has 38 heavy (non-hydrogen) atoms. The highest BCUT2D eigenvalue weighted by molar-refractivity contribution is 7.98. The predicted molar refractivity (Wildman–Crippen MR) is 155 cm³/mol. The van der Waals surface area contributed by atoms with Gasteiger partial charge in [-0.25, -0.2) is 0 Å². The van der Waals surface area contributed by atoms with Crippen molar-refractivity contribution in [3.63, 3.8) is 0 Å². The summed E-state index contributed by atoms with van der Waals surface area (Å²) in [5, 5.41) is 0. The van der Waals surface area contributed by atoms with E-state index in [1.54, 1.807) is 32.0 Å². The second-order valence-corrected chi connectivity index (χ2v) is 12.1.